The van der Waals surface area contributed by atoms with E-state index in [1.54, 1.807) is 36.4 Å². The van der Waals surface area contributed by atoms with Gasteiger partial charge in [0.15, 0.2) is 17.9 Å². The molecule has 2 aromatic heterocycles. The fraction of sp³-hybridized carbons (Fsp3) is 0.250. The topological polar surface area (TPSA) is 113 Å². The Bertz CT molecular complexity index is 1660. The number of aliphatic carboxylic acids is 1. The molecule has 0 saturated heterocycles. The van der Waals surface area contributed by atoms with Crippen LogP contribution in [0.1, 0.15) is 41.6 Å². The molecule has 1 fully saturated rings. The maximum Gasteiger partial charge on any atom is 0.306 e. The Balaban J connectivity index is 1.36. The minimum atomic E-state index is -0.755. The van der Waals surface area contributed by atoms with Crippen LogP contribution in [0.3, 0.4) is 0 Å². The van der Waals surface area contributed by atoms with E-state index in [0.717, 1.165) is 12.8 Å². The van der Waals surface area contributed by atoms with Crippen molar-refractivity contribution in [1.29, 1.82) is 0 Å². The Morgan fingerprint density at radius 1 is 1.02 bits per heavy atom. The lowest BCUT2D eigenvalue weighted by molar-refractivity contribution is -0.142. The Hall–Kier alpha value is -4.05. The second-order valence-corrected chi connectivity index (χ2v) is 11.0. The molecular weight excluding hydrogens is 594 g/mol. The van der Waals surface area contributed by atoms with E-state index in [4.69, 9.17) is 27.9 Å². The molecule has 3 N–H and O–H groups in total. The summed E-state index contributed by atoms with van der Waals surface area (Å²) < 4.78 is 20.8. The average molecular weight is 624 g/mol. The van der Waals surface area contributed by atoms with E-state index < -0.39 is 11.8 Å². The number of rotatable bonds is 10. The highest BCUT2D eigenvalue weighted by molar-refractivity contribution is 6.39. The Morgan fingerprint density at radius 2 is 1.72 bits per heavy atom. The molecule has 0 spiro atoms. The van der Waals surface area contributed by atoms with Gasteiger partial charge in [-0.15, -0.1) is 0 Å². The van der Waals surface area contributed by atoms with Crippen LogP contribution >= 0.6 is 23.2 Å². The summed E-state index contributed by atoms with van der Waals surface area (Å²) in [6, 6.07) is 15.8. The number of hydrogen-bond donors (Lipinski definition) is 3. The Morgan fingerprint density at radius 3 is 2.42 bits per heavy atom. The van der Waals surface area contributed by atoms with Crippen molar-refractivity contribution in [3.8, 4) is 28.3 Å². The highest BCUT2D eigenvalue weighted by Crippen LogP contribution is 2.42. The molecule has 0 unspecified atom stereocenters. The first-order valence-corrected chi connectivity index (χ1v) is 14.5. The summed E-state index contributed by atoms with van der Waals surface area (Å²) in [4.78, 5) is 31.1. The lowest BCUT2D eigenvalue weighted by atomic mass is 9.86. The van der Waals surface area contributed by atoms with Crippen molar-refractivity contribution in [2.75, 3.05) is 12.4 Å². The van der Waals surface area contributed by atoms with E-state index >= 15 is 4.39 Å². The average Bonchev–Trinajstić information content (AvgIpc) is 3.02. The molecule has 222 valence electrons. The molecule has 5 rings (SSSR count). The summed E-state index contributed by atoms with van der Waals surface area (Å²) in [5, 5.41) is 16.3. The fourth-order valence-corrected chi connectivity index (χ4v) is 5.86. The molecule has 1 aliphatic rings. The third-order valence-corrected chi connectivity index (χ3v) is 8.47. The van der Waals surface area contributed by atoms with Crippen LogP contribution in [0.25, 0.3) is 22.4 Å². The molecule has 0 aliphatic heterocycles. The molecule has 1 saturated carbocycles. The summed E-state index contributed by atoms with van der Waals surface area (Å²) in [5.74, 6) is -1.35. The van der Waals surface area contributed by atoms with Crippen molar-refractivity contribution >= 4 is 47.0 Å². The predicted octanol–water partition coefficient (Wildman–Crippen LogP) is 7.55. The number of benzene rings is 2. The Labute approximate surface area is 258 Å². The molecule has 0 atom stereocenters. The quantitative estimate of drug-likeness (QED) is 0.155. The van der Waals surface area contributed by atoms with E-state index in [1.165, 1.54) is 13.3 Å². The first-order valence-electron chi connectivity index (χ1n) is 13.7. The van der Waals surface area contributed by atoms with Crippen LogP contribution in [0, 0.1) is 11.7 Å². The molecular formula is C32H29Cl2FN4O4. The van der Waals surface area contributed by atoms with E-state index in [1.807, 2.05) is 18.2 Å². The van der Waals surface area contributed by atoms with Gasteiger partial charge in [0.25, 0.3) is 0 Å². The number of aldehydes is 1. The number of carbonyl (C=O) groups excluding carboxylic acids is 1. The second-order valence-electron chi connectivity index (χ2n) is 10.3. The number of nitrogens with zero attached hydrogens (tertiary/aromatic N) is 2. The van der Waals surface area contributed by atoms with Crippen molar-refractivity contribution in [2.24, 2.45) is 5.92 Å². The molecule has 0 bridgehead atoms. The molecule has 2 heterocycles. The fourth-order valence-electron chi connectivity index (χ4n) is 5.26. The van der Waals surface area contributed by atoms with E-state index in [2.05, 4.69) is 20.6 Å². The number of carboxylic acids is 1. The lowest BCUT2D eigenvalue weighted by Gasteiger charge is -2.27. The molecule has 11 heteroatoms. The highest BCUT2D eigenvalue weighted by atomic mass is 35.5. The molecule has 0 amide bonds. The van der Waals surface area contributed by atoms with Crippen molar-refractivity contribution in [3.63, 3.8) is 0 Å². The monoisotopic (exact) mass is 622 g/mol. The number of nitrogens with one attached hydrogen (secondary N) is 2. The summed E-state index contributed by atoms with van der Waals surface area (Å²) in [6.45, 7) is 0.286. The van der Waals surface area contributed by atoms with Crippen LogP contribution < -0.4 is 15.4 Å². The minimum Gasteiger partial charge on any atom is -0.481 e. The van der Waals surface area contributed by atoms with Crippen LogP contribution in [0.2, 0.25) is 10.0 Å². The maximum atomic E-state index is 15.5. The largest absolute Gasteiger partial charge is 0.481 e. The zero-order valence-electron chi connectivity index (χ0n) is 23.2. The van der Waals surface area contributed by atoms with Gasteiger partial charge in [0.1, 0.15) is 0 Å². The molecule has 43 heavy (non-hydrogen) atoms. The Kier molecular flexibility index (Phi) is 9.55. The van der Waals surface area contributed by atoms with Crippen molar-refractivity contribution in [1.82, 2.24) is 15.3 Å². The van der Waals surface area contributed by atoms with Crippen LogP contribution in [0.5, 0.6) is 5.88 Å². The number of pyridine rings is 2. The van der Waals surface area contributed by atoms with Gasteiger partial charge in [-0.05, 0) is 49.9 Å². The smallest absolute Gasteiger partial charge is 0.306 e. The van der Waals surface area contributed by atoms with E-state index in [-0.39, 0.29) is 30.2 Å². The van der Waals surface area contributed by atoms with Crippen molar-refractivity contribution in [2.45, 2.75) is 38.3 Å². The van der Waals surface area contributed by atoms with Crippen LogP contribution in [0.15, 0.2) is 60.8 Å². The van der Waals surface area contributed by atoms with Crippen LogP contribution in [-0.2, 0) is 11.3 Å². The number of anilines is 2. The first kappa shape index (κ1) is 30.4. The predicted molar refractivity (Wildman–Crippen MR) is 165 cm³/mol. The van der Waals surface area contributed by atoms with Crippen LogP contribution in [0.4, 0.5) is 15.9 Å². The van der Waals surface area contributed by atoms with E-state index in [9.17, 15) is 14.7 Å². The van der Waals surface area contributed by atoms with Gasteiger partial charge in [-0.2, -0.15) is 0 Å². The van der Waals surface area contributed by atoms with Crippen LogP contribution in [-0.4, -0.2) is 40.5 Å². The SMILES string of the molecule is COc1nc(-c2cccc(-c3cccc(Nc4nccc(CNC5CCC(C(=O)O)CC5)c4F)c3Cl)c2Cl)ccc1C=O. The number of halogens is 3. The van der Waals surface area contributed by atoms with Gasteiger partial charge in [0.05, 0.1) is 40.0 Å². The number of hydrogen-bond acceptors (Lipinski definition) is 7. The molecule has 2 aromatic carbocycles. The van der Waals surface area contributed by atoms with E-state index in [0.29, 0.717) is 68.4 Å². The summed E-state index contributed by atoms with van der Waals surface area (Å²) in [5.41, 5.74) is 3.59. The molecule has 4 aromatic rings. The minimum absolute atomic E-state index is 0.0272. The number of methoxy groups -OCH3 is 1. The van der Waals surface area contributed by atoms with Gasteiger partial charge in [-0.1, -0.05) is 53.5 Å². The third kappa shape index (κ3) is 6.64. The van der Waals surface area contributed by atoms with Gasteiger partial charge in [-0.3, -0.25) is 9.59 Å². The molecule has 1 aliphatic carbocycles. The van der Waals surface area contributed by atoms with Gasteiger partial charge in [0.2, 0.25) is 5.88 Å². The first-order chi connectivity index (χ1) is 20.8. The standard InChI is InChI=1S/C32H29Cl2FN4O4/c1-43-31-20(17-40)10-13-25(39-31)24-6-2-4-22(27(24)33)23-5-3-7-26(28(23)34)38-30-29(35)19(14-15-36-30)16-37-21-11-8-18(9-12-21)32(41)42/h2-7,10,13-15,17-18,21,37H,8-9,11-12,16H2,1H3,(H,36,38)(H,41,42). The van der Waals surface area contributed by atoms with Gasteiger partial charge >= 0.3 is 5.97 Å². The summed E-state index contributed by atoms with van der Waals surface area (Å²) in [6.07, 6.45) is 4.88. The molecule has 0 radical (unpaired) electrons. The zero-order chi connectivity index (χ0) is 30.5. The number of ether oxygens (including phenoxy) is 1. The zero-order valence-corrected chi connectivity index (χ0v) is 24.8. The van der Waals surface area contributed by atoms with Gasteiger partial charge in [-0.25, -0.2) is 14.4 Å². The second kappa shape index (κ2) is 13.5. The van der Waals surface area contributed by atoms with Crippen molar-refractivity contribution in [3.05, 3.63) is 87.8 Å². The lowest BCUT2D eigenvalue weighted by Crippen LogP contribution is -2.34. The summed E-state index contributed by atoms with van der Waals surface area (Å²) in [7, 11) is 1.44. The maximum absolute atomic E-state index is 15.5. The number of carbonyl (C=O) groups is 2. The van der Waals surface area contributed by atoms with Gasteiger partial charge < -0.3 is 20.5 Å². The highest BCUT2D eigenvalue weighted by Gasteiger charge is 2.26. The number of carboxylic acid groups (broad SMARTS) is 1. The summed E-state index contributed by atoms with van der Waals surface area (Å²) >= 11 is 13.7. The van der Waals surface area contributed by atoms with Crippen molar-refractivity contribution < 1.29 is 23.8 Å². The normalized spacial score (nSPS) is 16.5. The van der Waals surface area contributed by atoms with Gasteiger partial charge in [0, 0.05) is 41.0 Å². The number of aromatic nitrogens is 2. The molecule has 8 nitrogen and oxygen atoms in total. The third-order valence-electron chi connectivity index (χ3n) is 7.65.